The van der Waals surface area contributed by atoms with Gasteiger partial charge in [0.2, 0.25) is 0 Å². The first-order valence-corrected chi connectivity index (χ1v) is 4.74. The number of H-pyrrole nitrogens is 1. The SMILES string of the molecule is Nc1ccc2cc(CCC(=O)O)[nH]c2c1. The summed E-state index contributed by atoms with van der Waals surface area (Å²) < 4.78 is 0. The molecule has 78 valence electrons. The van der Waals surface area contributed by atoms with Crippen LogP contribution >= 0.6 is 0 Å². The third kappa shape index (κ3) is 2.10. The van der Waals surface area contributed by atoms with Gasteiger partial charge in [-0.2, -0.15) is 0 Å². The Morgan fingerprint density at radius 3 is 2.93 bits per heavy atom. The van der Waals surface area contributed by atoms with Crippen LogP contribution in [0.2, 0.25) is 0 Å². The molecular formula is C11H12N2O2. The van der Waals surface area contributed by atoms with Crippen molar-refractivity contribution in [2.24, 2.45) is 0 Å². The molecule has 0 saturated heterocycles. The van der Waals surface area contributed by atoms with Crippen LogP contribution in [0.4, 0.5) is 5.69 Å². The molecule has 0 aliphatic carbocycles. The molecule has 0 aliphatic rings. The van der Waals surface area contributed by atoms with Gasteiger partial charge in [-0.25, -0.2) is 0 Å². The Labute approximate surface area is 86.7 Å². The van der Waals surface area contributed by atoms with Gasteiger partial charge in [-0.3, -0.25) is 4.79 Å². The van der Waals surface area contributed by atoms with Gasteiger partial charge in [0.15, 0.2) is 0 Å². The molecule has 4 N–H and O–H groups in total. The fourth-order valence-electron chi connectivity index (χ4n) is 1.58. The van der Waals surface area contributed by atoms with E-state index in [0.29, 0.717) is 12.1 Å². The number of aryl methyl sites for hydroxylation is 1. The molecule has 0 radical (unpaired) electrons. The molecule has 0 amide bonds. The highest BCUT2D eigenvalue weighted by molar-refractivity contribution is 5.83. The van der Waals surface area contributed by atoms with E-state index in [9.17, 15) is 4.79 Å². The first-order chi connectivity index (χ1) is 7.15. The first kappa shape index (κ1) is 9.58. The lowest BCUT2D eigenvalue weighted by molar-refractivity contribution is -0.136. The van der Waals surface area contributed by atoms with E-state index in [2.05, 4.69) is 4.98 Å². The van der Waals surface area contributed by atoms with Crippen molar-refractivity contribution in [2.75, 3.05) is 5.73 Å². The van der Waals surface area contributed by atoms with E-state index >= 15 is 0 Å². The second kappa shape index (κ2) is 3.65. The highest BCUT2D eigenvalue weighted by atomic mass is 16.4. The van der Waals surface area contributed by atoms with Crippen LogP contribution in [0.15, 0.2) is 24.3 Å². The number of anilines is 1. The zero-order chi connectivity index (χ0) is 10.8. The molecule has 4 heteroatoms. The summed E-state index contributed by atoms with van der Waals surface area (Å²) in [4.78, 5) is 13.6. The number of carboxylic acids is 1. The van der Waals surface area contributed by atoms with Gasteiger partial charge in [-0.05, 0) is 30.0 Å². The van der Waals surface area contributed by atoms with Crippen molar-refractivity contribution < 1.29 is 9.90 Å². The smallest absolute Gasteiger partial charge is 0.303 e. The fourth-order valence-corrected chi connectivity index (χ4v) is 1.58. The molecule has 2 rings (SSSR count). The number of rotatable bonds is 3. The molecule has 4 nitrogen and oxygen atoms in total. The quantitative estimate of drug-likeness (QED) is 0.666. The normalized spacial score (nSPS) is 10.7. The maximum atomic E-state index is 10.4. The summed E-state index contributed by atoms with van der Waals surface area (Å²) in [5.41, 5.74) is 8.23. The second-order valence-corrected chi connectivity index (χ2v) is 3.54. The Hall–Kier alpha value is -1.97. The van der Waals surface area contributed by atoms with E-state index in [4.69, 9.17) is 10.8 Å². The number of fused-ring (bicyclic) bond motifs is 1. The number of nitrogens with one attached hydrogen (secondary N) is 1. The number of benzene rings is 1. The Kier molecular flexibility index (Phi) is 2.33. The van der Waals surface area contributed by atoms with Crippen LogP contribution in [-0.2, 0) is 11.2 Å². The molecule has 1 heterocycles. The zero-order valence-corrected chi connectivity index (χ0v) is 8.16. The molecular weight excluding hydrogens is 192 g/mol. The van der Waals surface area contributed by atoms with Crippen molar-refractivity contribution in [3.05, 3.63) is 30.0 Å². The van der Waals surface area contributed by atoms with Gasteiger partial charge >= 0.3 is 5.97 Å². The Morgan fingerprint density at radius 1 is 1.40 bits per heavy atom. The number of aromatic nitrogens is 1. The van der Waals surface area contributed by atoms with Crippen LogP contribution in [0.25, 0.3) is 10.9 Å². The maximum Gasteiger partial charge on any atom is 0.303 e. The molecule has 15 heavy (non-hydrogen) atoms. The highest BCUT2D eigenvalue weighted by Crippen LogP contribution is 2.18. The van der Waals surface area contributed by atoms with E-state index in [0.717, 1.165) is 16.6 Å². The number of hydrogen-bond acceptors (Lipinski definition) is 2. The Balaban J connectivity index is 2.27. The Morgan fingerprint density at radius 2 is 2.20 bits per heavy atom. The van der Waals surface area contributed by atoms with Crippen LogP contribution in [0, 0.1) is 0 Å². The van der Waals surface area contributed by atoms with Crippen molar-refractivity contribution in [1.29, 1.82) is 0 Å². The molecule has 0 unspecified atom stereocenters. The molecule has 0 aliphatic heterocycles. The molecule has 0 fully saturated rings. The van der Waals surface area contributed by atoms with E-state index in [1.165, 1.54) is 0 Å². The average molecular weight is 204 g/mol. The van der Waals surface area contributed by atoms with Crippen LogP contribution < -0.4 is 5.73 Å². The zero-order valence-electron chi connectivity index (χ0n) is 8.16. The van der Waals surface area contributed by atoms with E-state index in [-0.39, 0.29) is 6.42 Å². The van der Waals surface area contributed by atoms with Gasteiger partial charge in [-0.15, -0.1) is 0 Å². The van der Waals surface area contributed by atoms with Crippen molar-refractivity contribution in [1.82, 2.24) is 4.98 Å². The van der Waals surface area contributed by atoms with Crippen LogP contribution in [0.1, 0.15) is 12.1 Å². The number of aliphatic carboxylic acids is 1. The predicted molar refractivity (Wildman–Crippen MR) is 58.7 cm³/mol. The standard InChI is InChI=1S/C11H12N2O2/c12-8-2-1-7-5-9(3-4-11(14)15)13-10(7)6-8/h1-2,5-6,13H,3-4,12H2,(H,14,15). The summed E-state index contributed by atoms with van der Waals surface area (Å²) in [6, 6.07) is 7.56. The average Bonchev–Trinajstić information content (AvgIpc) is 2.56. The minimum atomic E-state index is -0.784. The van der Waals surface area contributed by atoms with E-state index < -0.39 is 5.97 Å². The van der Waals surface area contributed by atoms with Gasteiger partial charge in [0.25, 0.3) is 0 Å². The van der Waals surface area contributed by atoms with Gasteiger partial charge in [0.1, 0.15) is 0 Å². The molecule has 0 bridgehead atoms. The third-order valence-corrected chi connectivity index (χ3v) is 2.31. The van der Waals surface area contributed by atoms with Gasteiger partial charge in [0, 0.05) is 16.9 Å². The summed E-state index contributed by atoms with van der Waals surface area (Å²) in [6.07, 6.45) is 0.659. The van der Waals surface area contributed by atoms with Crippen molar-refractivity contribution in [3.8, 4) is 0 Å². The first-order valence-electron chi connectivity index (χ1n) is 4.74. The summed E-state index contributed by atoms with van der Waals surface area (Å²) in [6.45, 7) is 0. The number of hydrogen-bond donors (Lipinski definition) is 3. The summed E-state index contributed by atoms with van der Waals surface area (Å²) in [5.74, 6) is -0.784. The van der Waals surface area contributed by atoms with Gasteiger partial charge in [-0.1, -0.05) is 6.07 Å². The summed E-state index contributed by atoms with van der Waals surface area (Å²) in [7, 11) is 0. The molecule has 0 spiro atoms. The third-order valence-electron chi connectivity index (χ3n) is 2.31. The minimum Gasteiger partial charge on any atom is -0.481 e. The number of aromatic amines is 1. The molecule has 1 aromatic heterocycles. The largest absolute Gasteiger partial charge is 0.481 e. The number of carboxylic acid groups (broad SMARTS) is 1. The molecule has 1 aromatic carbocycles. The molecule has 0 atom stereocenters. The number of nitrogen functional groups attached to an aromatic ring is 1. The topological polar surface area (TPSA) is 79.1 Å². The fraction of sp³-hybridized carbons (Fsp3) is 0.182. The Bertz CT molecular complexity index is 502. The highest BCUT2D eigenvalue weighted by Gasteiger charge is 2.03. The summed E-state index contributed by atoms with van der Waals surface area (Å²) >= 11 is 0. The van der Waals surface area contributed by atoms with Crippen LogP contribution in [0.5, 0.6) is 0 Å². The van der Waals surface area contributed by atoms with Gasteiger partial charge in [0.05, 0.1) is 6.42 Å². The maximum absolute atomic E-state index is 10.4. The van der Waals surface area contributed by atoms with Crippen LogP contribution in [-0.4, -0.2) is 16.1 Å². The van der Waals surface area contributed by atoms with E-state index in [1.807, 2.05) is 24.3 Å². The predicted octanol–water partition coefficient (Wildman–Crippen LogP) is 1.77. The van der Waals surface area contributed by atoms with E-state index in [1.54, 1.807) is 0 Å². The van der Waals surface area contributed by atoms with Crippen LogP contribution in [0.3, 0.4) is 0 Å². The van der Waals surface area contributed by atoms with Gasteiger partial charge < -0.3 is 15.8 Å². The lowest BCUT2D eigenvalue weighted by Crippen LogP contribution is -1.97. The molecule has 0 saturated carbocycles. The monoisotopic (exact) mass is 204 g/mol. The van der Waals surface area contributed by atoms with Crippen molar-refractivity contribution >= 4 is 22.6 Å². The van der Waals surface area contributed by atoms with Crippen molar-refractivity contribution in [3.63, 3.8) is 0 Å². The second-order valence-electron chi connectivity index (χ2n) is 3.54. The summed E-state index contributed by atoms with van der Waals surface area (Å²) in [5, 5.41) is 9.62. The number of nitrogens with two attached hydrogens (primary N) is 1. The lowest BCUT2D eigenvalue weighted by Gasteiger charge is -1.92. The minimum absolute atomic E-state index is 0.141. The number of carbonyl (C=O) groups is 1. The molecule has 2 aromatic rings. The lowest BCUT2D eigenvalue weighted by atomic mass is 10.2. The van der Waals surface area contributed by atoms with Crippen molar-refractivity contribution in [2.45, 2.75) is 12.8 Å².